The molecule has 1 unspecified atom stereocenters. The second kappa shape index (κ2) is 8.48. The first kappa shape index (κ1) is 14.5. The van der Waals surface area contributed by atoms with Gasteiger partial charge in [0.25, 0.3) is 0 Å². The van der Waals surface area contributed by atoms with Gasteiger partial charge in [-0.05, 0) is 39.3 Å². The highest BCUT2D eigenvalue weighted by Gasteiger charge is 2.09. The van der Waals surface area contributed by atoms with E-state index < -0.39 is 0 Å². The van der Waals surface area contributed by atoms with Crippen molar-refractivity contribution < 1.29 is 4.79 Å². The molecule has 0 spiro atoms. The lowest BCUT2D eigenvalue weighted by Gasteiger charge is -2.19. The van der Waals surface area contributed by atoms with E-state index in [9.17, 15) is 4.79 Å². The summed E-state index contributed by atoms with van der Waals surface area (Å²) in [4.78, 5) is 13.9. The first-order valence-corrected chi connectivity index (χ1v) is 6.93. The molecule has 0 radical (unpaired) electrons. The van der Waals surface area contributed by atoms with Crippen molar-refractivity contribution in [1.82, 2.24) is 10.2 Å². The molecule has 4 nitrogen and oxygen atoms in total. The third kappa shape index (κ3) is 7.34. The van der Waals surface area contributed by atoms with Crippen LogP contribution in [0.5, 0.6) is 0 Å². The fraction of sp³-hybridized carbons (Fsp3) is 0.923. The molecule has 0 saturated carbocycles. The van der Waals surface area contributed by atoms with Crippen molar-refractivity contribution in [3.63, 3.8) is 0 Å². The van der Waals surface area contributed by atoms with Crippen LogP contribution in [0, 0.1) is 0 Å². The number of rotatable bonds is 6. The lowest BCUT2D eigenvalue weighted by molar-refractivity contribution is -0.121. The number of nitrogens with one attached hydrogen (secondary N) is 1. The number of nitrogens with two attached hydrogens (primary N) is 1. The van der Waals surface area contributed by atoms with E-state index in [-0.39, 0.29) is 11.9 Å². The molecule has 100 valence electrons. The minimum absolute atomic E-state index is 0.117. The first-order chi connectivity index (χ1) is 8.18. The van der Waals surface area contributed by atoms with Gasteiger partial charge in [-0.25, -0.2) is 0 Å². The molecule has 1 aliphatic heterocycles. The summed E-state index contributed by atoms with van der Waals surface area (Å²) in [5.74, 6) is 0.136. The van der Waals surface area contributed by atoms with Crippen LogP contribution in [-0.2, 0) is 4.79 Å². The minimum atomic E-state index is 0.117. The van der Waals surface area contributed by atoms with Gasteiger partial charge in [-0.15, -0.1) is 0 Å². The van der Waals surface area contributed by atoms with E-state index in [1.807, 2.05) is 6.92 Å². The Bertz CT molecular complexity index is 211. The fourth-order valence-electron chi connectivity index (χ4n) is 2.16. The average Bonchev–Trinajstić information content (AvgIpc) is 2.55. The van der Waals surface area contributed by atoms with E-state index in [1.54, 1.807) is 0 Å². The van der Waals surface area contributed by atoms with Crippen LogP contribution in [-0.4, -0.2) is 43.0 Å². The molecule has 4 heteroatoms. The summed E-state index contributed by atoms with van der Waals surface area (Å²) in [6, 6.07) is 0.117. The van der Waals surface area contributed by atoms with Gasteiger partial charge in [0.1, 0.15) is 0 Å². The van der Waals surface area contributed by atoms with Crippen molar-refractivity contribution in [2.75, 3.05) is 26.2 Å². The predicted octanol–water partition coefficient (Wildman–Crippen LogP) is 1.11. The zero-order valence-corrected chi connectivity index (χ0v) is 11.1. The standard InChI is InChI=1S/C13H27N3O/c1-12(14)6-7-13(17)15-8-11-16-9-4-2-3-5-10-16/h12H,2-11,14H2,1H3,(H,15,17). The van der Waals surface area contributed by atoms with E-state index in [4.69, 9.17) is 5.73 Å². The van der Waals surface area contributed by atoms with Crippen LogP contribution in [0.3, 0.4) is 0 Å². The molecular weight excluding hydrogens is 214 g/mol. The molecule has 1 rings (SSSR count). The third-order valence-corrected chi connectivity index (χ3v) is 3.28. The summed E-state index contributed by atoms with van der Waals surface area (Å²) >= 11 is 0. The van der Waals surface area contributed by atoms with E-state index in [0.717, 1.165) is 19.5 Å². The second-order valence-corrected chi connectivity index (χ2v) is 5.12. The number of amides is 1. The van der Waals surface area contributed by atoms with Gasteiger partial charge >= 0.3 is 0 Å². The lowest BCUT2D eigenvalue weighted by Crippen LogP contribution is -2.35. The molecule has 1 atom stereocenters. The number of hydrogen-bond donors (Lipinski definition) is 2. The van der Waals surface area contributed by atoms with Crippen LogP contribution in [0.1, 0.15) is 45.4 Å². The molecule has 0 aromatic heterocycles. The summed E-state index contributed by atoms with van der Waals surface area (Å²) < 4.78 is 0. The maximum absolute atomic E-state index is 11.5. The zero-order valence-electron chi connectivity index (χ0n) is 11.1. The Morgan fingerprint density at radius 1 is 1.29 bits per heavy atom. The molecule has 0 aliphatic carbocycles. The summed E-state index contributed by atoms with van der Waals surface area (Å²) in [5.41, 5.74) is 5.62. The van der Waals surface area contributed by atoms with Gasteiger partial charge in [0, 0.05) is 25.6 Å². The smallest absolute Gasteiger partial charge is 0.220 e. The fourth-order valence-corrected chi connectivity index (χ4v) is 2.16. The average molecular weight is 241 g/mol. The van der Waals surface area contributed by atoms with E-state index >= 15 is 0 Å². The van der Waals surface area contributed by atoms with Gasteiger partial charge in [-0.3, -0.25) is 4.79 Å². The maximum Gasteiger partial charge on any atom is 0.220 e. The number of hydrogen-bond acceptors (Lipinski definition) is 3. The highest BCUT2D eigenvalue weighted by molar-refractivity contribution is 5.75. The van der Waals surface area contributed by atoms with Crippen LogP contribution < -0.4 is 11.1 Å². The topological polar surface area (TPSA) is 58.4 Å². The van der Waals surface area contributed by atoms with Crippen LogP contribution in [0.4, 0.5) is 0 Å². The first-order valence-electron chi connectivity index (χ1n) is 6.93. The molecule has 0 bridgehead atoms. The molecule has 3 N–H and O–H groups in total. The van der Waals surface area contributed by atoms with Crippen LogP contribution in [0.15, 0.2) is 0 Å². The van der Waals surface area contributed by atoms with Crippen molar-refractivity contribution in [3.05, 3.63) is 0 Å². The largest absolute Gasteiger partial charge is 0.355 e. The number of carbonyl (C=O) groups is 1. The normalized spacial score (nSPS) is 19.6. The van der Waals surface area contributed by atoms with Crippen molar-refractivity contribution in [2.45, 2.75) is 51.5 Å². The maximum atomic E-state index is 11.5. The van der Waals surface area contributed by atoms with Gasteiger partial charge in [-0.1, -0.05) is 12.8 Å². The van der Waals surface area contributed by atoms with Crippen molar-refractivity contribution in [2.24, 2.45) is 5.73 Å². The van der Waals surface area contributed by atoms with E-state index in [2.05, 4.69) is 10.2 Å². The van der Waals surface area contributed by atoms with Gasteiger partial charge in [0.05, 0.1) is 0 Å². The molecule has 1 amide bonds. The van der Waals surface area contributed by atoms with Crippen molar-refractivity contribution in [3.8, 4) is 0 Å². The number of nitrogens with zero attached hydrogens (tertiary/aromatic N) is 1. The molecule has 0 aromatic rings. The molecule has 17 heavy (non-hydrogen) atoms. The molecule has 1 heterocycles. The Hall–Kier alpha value is -0.610. The van der Waals surface area contributed by atoms with E-state index in [1.165, 1.54) is 38.8 Å². The highest BCUT2D eigenvalue weighted by atomic mass is 16.1. The quantitative estimate of drug-likeness (QED) is 0.732. The Labute approximate surface area is 105 Å². The Morgan fingerprint density at radius 2 is 1.94 bits per heavy atom. The molecule has 0 aromatic carbocycles. The summed E-state index contributed by atoms with van der Waals surface area (Å²) in [6.07, 6.45) is 6.65. The molecule has 1 aliphatic rings. The summed E-state index contributed by atoms with van der Waals surface area (Å²) in [5, 5.41) is 2.97. The van der Waals surface area contributed by atoms with E-state index in [0.29, 0.717) is 6.42 Å². The lowest BCUT2D eigenvalue weighted by atomic mass is 10.2. The molecule has 1 fully saturated rings. The molecular formula is C13H27N3O. The zero-order chi connectivity index (χ0) is 12.5. The van der Waals surface area contributed by atoms with Crippen molar-refractivity contribution >= 4 is 5.91 Å². The van der Waals surface area contributed by atoms with Gasteiger partial charge in [0.2, 0.25) is 5.91 Å². The Balaban J connectivity index is 2.03. The predicted molar refractivity (Wildman–Crippen MR) is 70.8 cm³/mol. The SMILES string of the molecule is CC(N)CCC(=O)NCCN1CCCCCC1. The second-order valence-electron chi connectivity index (χ2n) is 5.12. The van der Waals surface area contributed by atoms with Gasteiger partial charge < -0.3 is 16.0 Å². The third-order valence-electron chi connectivity index (χ3n) is 3.28. The minimum Gasteiger partial charge on any atom is -0.355 e. The molecule has 1 saturated heterocycles. The van der Waals surface area contributed by atoms with Crippen LogP contribution >= 0.6 is 0 Å². The monoisotopic (exact) mass is 241 g/mol. The highest BCUT2D eigenvalue weighted by Crippen LogP contribution is 2.08. The van der Waals surface area contributed by atoms with Gasteiger partial charge in [0.15, 0.2) is 0 Å². The summed E-state index contributed by atoms with van der Waals surface area (Å²) in [7, 11) is 0. The van der Waals surface area contributed by atoms with Gasteiger partial charge in [-0.2, -0.15) is 0 Å². The Morgan fingerprint density at radius 3 is 2.53 bits per heavy atom. The van der Waals surface area contributed by atoms with Crippen molar-refractivity contribution in [1.29, 1.82) is 0 Å². The Kier molecular flexibility index (Phi) is 7.21. The summed E-state index contributed by atoms with van der Waals surface area (Å²) in [6.45, 7) is 6.08. The van der Waals surface area contributed by atoms with Crippen LogP contribution in [0.25, 0.3) is 0 Å². The number of carbonyl (C=O) groups excluding carboxylic acids is 1. The van der Waals surface area contributed by atoms with Crippen LogP contribution in [0.2, 0.25) is 0 Å². The number of likely N-dealkylation sites (tertiary alicyclic amines) is 1.